The van der Waals surface area contributed by atoms with E-state index in [0.717, 1.165) is 0 Å². The summed E-state index contributed by atoms with van der Waals surface area (Å²) in [6.45, 7) is 1.65. The SMILES string of the molecule is CC(Br)C(=O)c1ccc(SC(F)(F)F)c(CCl)c1. The fourth-order valence-electron chi connectivity index (χ4n) is 1.29. The lowest BCUT2D eigenvalue weighted by atomic mass is 10.1. The average molecular weight is 362 g/mol. The smallest absolute Gasteiger partial charge is 0.293 e. The van der Waals surface area contributed by atoms with Crippen molar-refractivity contribution < 1.29 is 18.0 Å². The normalized spacial score (nSPS) is 13.4. The first kappa shape index (κ1) is 15.9. The third-order valence-corrected chi connectivity index (χ3v) is 3.63. The van der Waals surface area contributed by atoms with Gasteiger partial charge in [-0.05, 0) is 36.4 Å². The molecule has 0 aliphatic rings. The number of carbonyl (C=O) groups is 1. The van der Waals surface area contributed by atoms with E-state index in [1.54, 1.807) is 6.92 Å². The molecular formula is C11H9BrClF3OS. The Labute approximate surface area is 120 Å². The van der Waals surface area contributed by atoms with E-state index in [4.69, 9.17) is 11.6 Å². The number of ketones is 1. The van der Waals surface area contributed by atoms with Gasteiger partial charge in [0.15, 0.2) is 5.78 Å². The van der Waals surface area contributed by atoms with E-state index in [-0.39, 0.29) is 33.1 Å². The van der Waals surface area contributed by atoms with Crippen molar-refractivity contribution in [1.82, 2.24) is 0 Å². The number of carbonyl (C=O) groups excluding carboxylic acids is 1. The number of halogens is 5. The summed E-state index contributed by atoms with van der Waals surface area (Å²) >= 11 is 8.51. The number of alkyl halides is 5. The monoisotopic (exact) mass is 360 g/mol. The minimum Gasteiger partial charge on any atom is -0.293 e. The van der Waals surface area contributed by atoms with Gasteiger partial charge in [-0.25, -0.2) is 0 Å². The van der Waals surface area contributed by atoms with Crippen LogP contribution in [0.25, 0.3) is 0 Å². The van der Waals surface area contributed by atoms with Gasteiger partial charge in [0.05, 0.1) is 4.83 Å². The second kappa shape index (κ2) is 6.30. The molecule has 0 amide bonds. The highest BCUT2D eigenvalue weighted by atomic mass is 79.9. The molecule has 0 bridgehead atoms. The minimum atomic E-state index is -4.37. The lowest BCUT2D eigenvalue weighted by Crippen LogP contribution is -2.10. The number of Topliss-reactive ketones (excluding diaryl/α,β-unsaturated/α-hetero) is 1. The second-order valence-corrected chi connectivity index (χ2v) is 6.23. The van der Waals surface area contributed by atoms with Crippen LogP contribution in [0.1, 0.15) is 22.8 Å². The number of hydrogen-bond acceptors (Lipinski definition) is 2. The molecular weight excluding hydrogens is 353 g/mol. The number of thioether (sulfide) groups is 1. The van der Waals surface area contributed by atoms with Crippen LogP contribution in [0.2, 0.25) is 0 Å². The molecule has 1 aromatic rings. The molecule has 1 aromatic carbocycles. The highest BCUT2D eigenvalue weighted by Gasteiger charge is 2.30. The molecule has 0 fully saturated rings. The summed E-state index contributed by atoms with van der Waals surface area (Å²) in [6.07, 6.45) is 0. The van der Waals surface area contributed by atoms with Crippen LogP contribution in [0.5, 0.6) is 0 Å². The number of benzene rings is 1. The van der Waals surface area contributed by atoms with Crippen LogP contribution < -0.4 is 0 Å². The Morgan fingerprint density at radius 1 is 1.50 bits per heavy atom. The van der Waals surface area contributed by atoms with Crippen LogP contribution in [0.4, 0.5) is 13.2 Å². The van der Waals surface area contributed by atoms with Gasteiger partial charge < -0.3 is 0 Å². The third kappa shape index (κ3) is 4.48. The molecule has 1 atom stereocenters. The first-order valence-electron chi connectivity index (χ1n) is 4.87. The molecule has 0 aliphatic heterocycles. The van der Waals surface area contributed by atoms with Crippen LogP contribution in [-0.2, 0) is 5.88 Å². The Hall–Kier alpha value is -0.200. The van der Waals surface area contributed by atoms with Gasteiger partial charge in [-0.1, -0.05) is 22.0 Å². The Morgan fingerprint density at radius 3 is 2.56 bits per heavy atom. The maximum absolute atomic E-state index is 12.3. The summed E-state index contributed by atoms with van der Waals surface area (Å²) in [5.74, 6) is -0.263. The highest BCUT2D eigenvalue weighted by Crippen LogP contribution is 2.39. The van der Waals surface area contributed by atoms with E-state index in [2.05, 4.69) is 15.9 Å². The molecule has 7 heteroatoms. The molecule has 0 aromatic heterocycles. The van der Waals surface area contributed by atoms with Gasteiger partial charge in [0, 0.05) is 16.3 Å². The van der Waals surface area contributed by atoms with Gasteiger partial charge in [0.2, 0.25) is 0 Å². The number of hydrogen-bond donors (Lipinski definition) is 0. The van der Waals surface area contributed by atoms with Crippen LogP contribution in [-0.4, -0.2) is 16.1 Å². The lowest BCUT2D eigenvalue weighted by Gasteiger charge is -2.11. The van der Waals surface area contributed by atoms with Crippen molar-refractivity contribution in [3.05, 3.63) is 29.3 Å². The van der Waals surface area contributed by atoms with Gasteiger partial charge in [-0.3, -0.25) is 4.79 Å². The third-order valence-electron chi connectivity index (χ3n) is 2.08. The zero-order valence-electron chi connectivity index (χ0n) is 9.22. The molecule has 1 rings (SSSR count). The van der Waals surface area contributed by atoms with Gasteiger partial charge in [0.1, 0.15) is 0 Å². The van der Waals surface area contributed by atoms with Crippen molar-refractivity contribution in [1.29, 1.82) is 0 Å². The van der Waals surface area contributed by atoms with Crippen molar-refractivity contribution in [2.75, 3.05) is 0 Å². The summed E-state index contributed by atoms with van der Waals surface area (Å²) in [7, 11) is 0. The molecule has 1 nitrogen and oxygen atoms in total. The fourth-order valence-corrected chi connectivity index (χ4v) is 2.50. The Balaban J connectivity index is 3.08. The lowest BCUT2D eigenvalue weighted by molar-refractivity contribution is -0.0328. The minimum absolute atomic E-state index is 0.0243. The largest absolute Gasteiger partial charge is 0.446 e. The van der Waals surface area contributed by atoms with Crippen LogP contribution in [0.3, 0.4) is 0 Å². The Kier molecular flexibility index (Phi) is 5.55. The van der Waals surface area contributed by atoms with Gasteiger partial charge in [-0.2, -0.15) is 13.2 Å². The van der Waals surface area contributed by atoms with Crippen molar-refractivity contribution in [3.63, 3.8) is 0 Å². The summed E-state index contributed by atoms with van der Waals surface area (Å²) in [5, 5.41) is 0. The summed E-state index contributed by atoms with van der Waals surface area (Å²) in [5.41, 5.74) is -3.71. The maximum atomic E-state index is 12.3. The van der Waals surface area contributed by atoms with Gasteiger partial charge in [0.25, 0.3) is 0 Å². The van der Waals surface area contributed by atoms with E-state index in [1.807, 2.05) is 0 Å². The van der Waals surface area contributed by atoms with Gasteiger partial charge >= 0.3 is 5.51 Å². The maximum Gasteiger partial charge on any atom is 0.446 e. The van der Waals surface area contributed by atoms with E-state index in [9.17, 15) is 18.0 Å². The fraction of sp³-hybridized carbons (Fsp3) is 0.364. The molecule has 18 heavy (non-hydrogen) atoms. The standard InChI is InChI=1S/C11H9BrClF3OS/c1-6(12)10(17)7-2-3-9(8(4-7)5-13)18-11(14,15)16/h2-4,6H,5H2,1H3. The van der Waals surface area contributed by atoms with Crippen molar-refractivity contribution in [2.24, 2.45) is 0 Å². The molecule has 0 N–H and O–H groups in total. The van der Waals surface area contributed by atoms with Crippen molar-refractivity contribution in [2.45, 2.75) is 28.0 Å². The highest BCUT2D eigenvalue weighted by molar-refractivity contribution is 9.10. The predicted molar refractivity (Wildman–Crippen MR) is 70.6 cm³/mol. The predicted octanol–water partition coefficient (Wildman–Crippen LogP) is 5.00. The first-order chi connectivity index (χ1) is 8.24. The Bertz CT molecular complexity index is 448. The van der Waals surface area contributed by atoms with E-state index in [0.29, 0.717) is 11.1 Å². The summed E-state index contributed by atoms with van der Waals surface area (Å²) in [6, 6.07) is 4.06. The average Bonchev–Trinajstić information content (AvgIpc) is 2.26. The summed E-state index contributed by atoms with van der Waals surface area (Å²) < 4.78 is 36.9. The van der Waals surface area contributed by atoms with Crippen molar-refractivity contribution in [3.8, 4) is 0 Å². The molecule has 0 radical (unpaired) electrons. The van der Waals surface area contributed by atoms with Crippen molar-refractivity contribution >= 4 is 45.1 Å². The molecule has 0 saturated heterocycles. The first-order valence-corrected chi connectivity index (χ1v) is 7.14. The molecule has 0 saturated carbocycles. The summed E-state index contributed by atoms with van der Waals surface area (Å²) in [4.78, 5) is 11.3. The van der Waals surface area contributed by atoms with E-state index in [1.165, 1.54) is 18.2 Å². The van der Waals surface area contributed by atoms with E-state index < -0.39 is 5.51 Å². The van der Waals surface area contributed by atoms with Crippen LogP contribution >= 0.6 is 39.3 Å². The quantitative estimate of drug-likeness (QED) is 0.426. The number of rotatable bonds is 4. The zero-order chi connectivity index (χ0) is 13.9. The van der Waals surface area contributed by atoms with Crippen LogP contribution in [0.15, 0.2) is 23.1 Å². The molecule has 0 heterocycles. The topological polar surface area (TPSA) is 17.1 Å². The molecule has 1 unspecified atom stereocenters. The van der Waals surface area contributed by atoms with Gasteiger partial charge in [-0.15, -0.1) is 11.6 Å². The molecule has 0 aliphatic carbocycles. The molecule has 0 spiro atoms. The zero-order valence-corrected chi connectivity index (χ0v) is 12.4. The Morgan fingerprint density at radius 2 is 2.11 bits per heavy atom. The van der Waals surface area contributed by atoms with Crippen LogP contribution in [0, 0.1) is 0 Å². The van der Waals surface area contributed by atoms with E-state index >= 15 is 0 Å². The molecule has 100 valence electrons. The second-order valence-electron chi connectivity index (χ2n) is 3.48.